The van der Waals surface area contributed by atoms with E-state index in [0.29, 0.717) is 0 Å². The molecule has 0 fully saturated rings. The summed E-state index contributed by atoms with van der Waals surface area (Å²) in [6, 6.07) is 12.5. The van der Waals surface area contributed by atoms with Crippen molar-refractivity contribution in [3.63, 3.8) is 0 Å². The highest BCUT2D eigenvalue weighted by molar-refractivity contribution is 14.1. The Morgan fingerprint density at radius 1 is 1.00 bits per heavy atom. The smallest absolute Gasteiger partial charge is 0.388 e. The fourth-order valence-corrected chi connectivity index (χ4v) is 2.36. The number of aliphatic hydroxyl groups is 1. The number of hydrogen-bond acceptors (Lipinski definition) is 1. The molecule has 0 amide bonds. The Labute approximate surface area is 128 Å². The lowest BCUT2D eigenvalue weighted by molar-refractivity contribution is -0.139. The Balaban J connectivity index is 2.25. The maximum absolute atomic E-state index is 12.9. The second-order valence-electron chi connectivity index (χ2n) is 4.43. The molecule has 5 heteroatoms. The lowest BCUT2D eigenvalue weighted by atomic mass is 9.97. The Hall–Kier alpha value is -1.08. The Morgan fingerprint density at radius 2 is 1.60 bits per heavy atom. The number of rotatable bonds is 3. The van der Waals surface area contributed by atoms with Gasteiger partial charge in [0, 0.05) is 9.99 Å². The van der Waals surface area contributed by atoms with E-state index in [2.05, 4.69) is 22.6 Å². The van der Waals surface area contributed by atoms with E-state index in [1.54, 1.807) is 12.1 Å². The van der Waals surface area contributed by atoms with Gasteiger partial charge in [0.05, 0.1) is 11.7 Å². The van der Waals surface area contributed by atoms with Crippen molar-refractivity contribution in [2.75, 3.05) is 0 Å². The van der Waals surface area contributed by atoms with E-state index in [9.17, 15) is 18.3 Å². The third-order valence-electron chi connectivity index (χ3n) is 2.97. The molecule has 0 bridgehead atoms. The Morgan fingerprint density at radius 3 is 2.20 bits per heavy atom. The second-order valence-corrected chi connectivity index (χ2v) is 5.68. The topological polar surface area (TPSA) is 20.2 Å². The van der Waals surface area contributed by atoms with Crippen LogP contribution in [0.5, 0.6) is 0 Å². The van der Waals surface area contributed by atoms with Gasteiger partial charge in [-0.15, -0.1) is 0 Å². The number of hydrogen-bond donors (Lipinski definition) is 1. The molecule has 106 valence electrons. The van der Waals surface area contributed by atoms with Crippen molar-refractivity contribution in [2.24, 2.45) is 0 Å². The monoisotopic (exact) mass is 392 g/mol. The van der Waals surface area contributed by atoms with Crippen molar-refractivity contribution in [1.82, 2.24) is 0 Å². The highest BCUT2D eigenvalue weighted by Crippen LogP contribution is 2.35. The SMILES string of the molecule is OC(Cc1ccc(I)cc1)c1ccccc1C(F)(F)F. The van der Waals surface area contributed by atoms with Gasteiger partial charge in [-0.3, -0.25) is 0 Å². The van der Waals surface area contributed by atoms with Crippen molar-refractivity contribution in [3.8, 4) is 0 Å². The molecule has 1 atom stereocenters. The summed E-state index contributed by atoms with van der Waals surface area (Å²) < 4.78 is 39.7. The summed E-state index contributed by atoms with van der Waals surface area (Å²) >= 11 is 2.15. The summed E-state index contributed by atoms with van der Waals surface area (Å²) in [6.45, 7) is 0. The molecule has 2 rings (SSSR count). The molecule has 1 unspecified atom stereocenters. The predicted molar refractivity (Wildman–Crippen MR) is 79.3 cm³/mol. The maximum atomic E-state index is 12.9. The van der Waals surface area contributed by atoms with Gasteiger partial charge >= 0.3 is 6.18 Å². The molecule has 0 radical (unpaired) electrons. The molecule has 0 aliphatic carbocycles. The van der Waals surface area contributed by atoms with Crippen LogP contribution in [0.15, 0.2) is 48.5 Å². The maximum Gasteiger partial charge on any atom is 0.416 e. The first kappa shape index (κ1) is 15.3. The normalized spacial score (nSPS) is 13.2. The molecule has 2 aromatic rings. The molecule has 1 nitrogen and oxygen atoms in total. The molecular formula is C15H12F3IO. The number of aliphatic hydroxyl groups excluding tert-OH is 1. The van der Waals surface area contributed by atoms with E-state index < -0.39 is 17.8 Å². The van der Waals surface area contributed by atoms with E-state index in [4.69, 9.17) is 0 Å². The molecule has 1 N–H and O–H groups in total. The zero-order valence-corrected chi connectivity index (χ0v) is 12.5. The molecular weight excluding hydrogens is 380 g/mol. The molecule has 20 heavy (non-hydrogen) atoms. The van der Waals surface area contributed by atoms with Crippen LogP contribution >= 0.6 is 22.6 Å². The summed E-state index contributed by atoms with van der Waals surface area (Å²) in [7, 11) is 0. The summed E-state index contributed by atoms with van der Waals surface area (Å²) in [4.78, 5) is 0. The van der Waals surface area contributed by atoms with Gasteiger partial charge in [0.25, 0.3) is 0 Å². The third-order valence-corrected chi connectivity index (χ3v) is 3.69. The minimum absolute atomic E-state index is 0.0847. The lowest BCUT2D eigenvalue weighted by Gasteiger charge is -2.17. The summed E-state index contributed by atoms with van der Waals surface area (Å²) in [5.41, 5.74) is -0.0635. The Bertz CT molecular complexity index is 578. The van der Waals surface area contributed by atoms with Gasteiger partial charge in [-0.25, -0.2) is 0 Å². The summed E-state index contributed by atoms with van der Waals surface area (Å²) in [5, 5.41) is 10.1. The van der Waals surface area contributed by atoms with Gasteiger partial charge in [0.2, 0.25) is 0 Å². The van der Waals surface area contributed by atoms with Gasteiger partial charge in [0.1, 0.15) is 0 Å². The molecule has 0 saturated heterocycles. The van der Waals surface area contributed by atoms with Gasteiger partial charge in [-0.2, -0.15) is 13.2 Å². The van der Waals surface area contributed by atoms with Crippen LogP contribution in [-0.2, 0) is 12.6 Å². The van der Waals surface area contributed by atoms with Crippen LogP contribution in [0.2, 0.25) is 0 Å². The summed E-state index contributed by atoms with van der Waals surface area (Å²) in [6.07, 6.45) is -5.47. The average Bonchev–Trinajstić information content (AvgIpc) is 2.40. The molecule has 0 heterocycles. The van der Waals surface area contributed by atoms with Crippen LogP contribution in [0.3, 0.4) is 0 Å². The minimum atomic E-state index is -4.45. The fourth-order valence-electron chi connectivity index (χ4n) is 2.00. The first-order chi connectivity index (χ1) is 9.38. The highest BCUT2D eigenvalue weighted by atomic mass is 127. The molecule has 0 aliphatic rings. The number of benzene rings is 2. The zero-order chi connectivity index (χ0) is 14.8. The molecule has 2 aromatic carbocycles. The highest BCUT2D eigenvalue weighted by Gasteiger charge is 2.34. The molecule has 0 saturated carbocycles. The first-order valence-corrected chi connectivity index (χ1v) is 7.04. The number of halogens is 4. The van der Waals surface area contributed by atoms with Crippen LogP contribution in [0.25, 0.3) is 0 Å². The van der Waals surface area contributed by atoms with Crippen molar-refractivity contribution >= 4 is 22.6 Å². The molecule has 0 aliphatic heterocycles. The number of alkyl halides is 3. The van der Waals surface area contributed by atoms with E-state index >= 15 is 0 Å². The van der Waals surface area contributed by atoms with Crippen molar-refractivity contribution < 1.29 is 18.3 Å². The fraction of sp³-hybridized carbons (Fsp3) is 0.200. The van der Waals surface area contributed by atoms with E-state index in [1.807, 2.05) is 12.1 Å². The lowest BCUT2D eigenvalue weighted by Crippen LogP contribution is -2.13. The van der Waals surface area contributed by atoms with Gasteiger partial charge in [-0.1, -0.05) is 30.3 Å². The second kappa shape index (κ2) is 6.13. The largest absolute Gasteiger partial charge is 0.416 e. The zero-order valence-electron chi connectivity index (χ0n) is 10.4. The molecule has 0 aromatic heterocycles. The minimum Gasteiger partial charge on any atom is -0.388 e. The van der Waals surface area contributed by atoms with E-state index in [0.717, 1.165) is 15.2 Å². The average molecular weight is 392 g/mol. The predicted octanol–water partition coefficient (Wildman–Crippen LogP) is 4.59. The van der Waals surface area contributed by atoms with Gasteiger partial charge in [-0.05, 0) is 51.9 Å². The third kappa shape index (κ3) is 3.73. The van der Waals surface area contributed by atoms with E-state index in [-0.39, 0.29) is 12.0 Å². The first-order valence-electron chi connectivity index (χ1n) is 5.96. The van der Waals surface area contributed by atoms with Crippen molar-refractivity contribution in [3.05, 3.63) is 68.8 Å². The van der Waals surface area contributed by atoms with E-state index in [1.165, 1.54) is 18.2 Å². The van der Waals surface area contributed by atoms with Gasteiger partial charge in [0.15, 0.2) is 0 Å². The van der Waals surface area contributed by atoms with Crippen molar-refractivity contribution in [1.29, 1.82) is 0 Å². The molecule has 0 spiro atoms. The van der Waals surface area contributed by atoms with Crippen LogP contribution in [-0.4, -0.2) is 5.11 Å². The van der Waals surface area contributed by atoms with Crippen LogP contribution in [0.4, 0.5) is 13.2 Å². The quantitative estimate of drug-likeness (QED) is 0.758. The van der Waals surface area contributed by atoms with Crippen LogP contribution < -0.4 is 0 Å². The van der Waals surface area contributed by atoms with Gasteiger partial charge < -0.3 is 5.11 Å². The van der Waals surface area contributed by atoms with Crippen molar-refractivity contribution in [2.45, 2.75) is 18.7 Å². The standard InChI is InChI=1S/C15H12F3IO/c16-15(17,18)13-4-2-1-3-12(13)14(20)9-10-5-7-11(19)8-6-10/h1-8,14,20H,9H2. The van der Waals surface area contributed by atoms with Crippen LogP contribution in [0, 0.1) is 3.57 Å². The van der Waals surface area contributed by atoms with Crippen LogP contribution in [0.1, 0.15) is 22.8 Å². The Kier molecular flexibility index (Phi) is 4.70. The summed E-state index contributed by atoms with van der Waals surface area (Å²) in [5.74, 6) is 0.